The lowest BCUT2D eigenvalue weighted by Gasteiger charge is -2.09. The first kappa shape index (κ1) is 16.5. The fraction of sp³-hybridized carbons (Fsp3) is 0.100. The molecule has 1 aliphatic rings. The van der Waals surface area contributed by atoms with Crippen LogP contribution in [0.3, 0.4) is 0 Å². The van der Waals surface area contributed by atoms with Gasteiger partial charge in [0.15, 0.2) is 0 Å². The summed E-state index contributed by atoms with van der Waals surface area (Å²) in [5.74, 6) is 1.20. The third kappa shape index (κ3) is 3.36. The Morgan fingerprint density at radius 1 is 1.04 bits per heavy atom. The number of nitrogens with zero attached hydrogens (tertiary/aromatic N) is 2. The zero-order valence-corrected chi connectivity index (χ0v) is 14.8. The molecule has 0 spiro atoms. The maximum Gasteiger partial charge on any atom is 0.249 e. The van der Waals surface area contributed by atoms with E-state index in [2.05, 4.69) is 10.4 Å². The number of anilines is 1. The van der Waals surface area contributed by atoms with Gasteiger partial charge in [-0.1, -0.05) is 48.5 Å². The molecule has 4 rings (SSSR count). The number of fused-ring (bicyclic) bond motifs is 1. The van der Waals surface area contributed by atoms with Crippen molar-refractivity contribution in [2.75, 3.05) is 5.32 Å². The largest absolute Gasteiger partial charge is 0.307 e. The highest BCUT2D eigenvalue weighted by Gasteiger charge is 2.27. The number of aromatic nitrogens is 2. The minimum atomic E-state index is -0.957. The molecule has 2 aromatic carbocycles. The van der Waals surface area contributed by atoms with Gasteiger partial charge in [0.1, 0.15) is 5.82 Å². The molecule has 0 bridgehead atoms. The van der Waals surface area contributed by atoms with Gasteiger partial charge >= 0.3 is 0 Å². The molecule has 6 heteroatoms. The Morgan fingerprint density at radius 3 is 2.46 bits per heavy atom. The molecule has 130 valence electrons. The average molecular weight is 363 g/mol. The molecule has 1 amide bonds. The Morgan fingerprint density at radius 2 is 1.73 bits per heavy atom. The molecular formula is C20H17N3O2S. The minimum absolute atomic E-state index is 0.244. The number of amides is 1. The maximum atomic E-state index is 12.4. The zero-order valence-electron chi connectivity index (χ0n) is 14.0. The molecule has 0 aliphatic carbocycles. The van der Waals surface area contributed by atoms with Crippen molar-refractivity contribution < 1.29 is 9.00 Å². The van der Waals surface area contributed by atoms with E-state index in [1.54, 1.807) is 10.8 Å². The fourth-order valence-electron chi connectivity index (χ4n) is 2.91. The van der Waals surface area contributed by atoms with E-state index in [9.17, 15) is 9.00 Å². The summed E-state index contributed by atoms with van der Waals surface area (Å²) < 4.78 is 13.6. The molecule has 0 unspecified atom stereocenters. The zero-order chi connectivity index (χ0) is 17.9. The summed E-state index contributed by atoms with van der Waals surface area (Å²) >= 11 is 0. The Balaban J connectivity index is 1.64. The number of benzene rings is 2. The lowest BCUT2D eigenvalue weighted by atomic mass is 10.2. The number of carbonyl (C=O) groups excluding carboxylic acids is 1. The summed E-state index contributed by atoms with van der Waals surface area (Å²) in [5.41, 5.74) is 3.45. The lowest BCUT2D eigenvalue weighted by molar-refractivity contribution is -0.111. The van der Waals surface area contributed by atoms with Crippen LogP contribution in [0.25, 0.3) is 11.8 Å². The molecule has 26 heavy (non-hydrogen) atoms. The van der Waals surface area contributed by atoms with Gasteiger partial charge in [-0.15, -0.1) is 0 Å². The number of para-hydroxylation sites is 1. The van der Waals surface area contributed by atoms with Gasteiger partial charge in [-0.05, 0) is 23.8 Å². The second kappa shape index (κ2) is 7.09. The highest BCUT2D eigenvalue weighted by atomic mass is 32.2. The van der Waals surface area contributed by atoms with Crippen molar-refractivity contribution in [1.82, 2.24) is 9.78 Å². The standard InChI is InChI=1S/C20H17N3O2S/c24-19(12-11-15-7-3-1-4-8-15)21-20-17-13-26(25)14-18(17)22-23(20)16-9-5-2-6-10-16/h1-12H,13-14H2,(H,21,24)/t26-/m1/s1. The summed E-state index contributed by atoms with van der Waals surface area (Å²) in [6.45, 7) is 0. The van der Waals surface area contributed by atoms with Crippen molar-refractivity contribution in [3.63, 3.8) is 0 Å². The third-order valence-electron chi connectivity index (χ3n) is 4.14. The monoisotopic (exact) mass is 363 g/mol. The summed E-state index contributed by atoms with van der Waals surface area (Å²) in [6.07, 6.45) is 3.26. The first-order chi connectivity index (χ1) is 12.7. The van der Waals surface area contributed by atoms with Crippen molar-refractivity contribution in [2.24, 2.45) is 0 Å². The van der Waals surface area contributed by atoms with E-state index in [4.69, 9.17) is 0 Å². The Hall–Kier alpha value is -2.99. The van der Waals surface area contributed by atoms with E-state index in [-0.39, 0.29) is 5.91 Å². The molecule has 2 heterocycles. The SMILES string of the molecule is O=C(C=Cc1ccccc1)Nc1c2c(nn1-c1ccccc1)C[S@](=O)C2. The predicted octanol–water partition coefficient (Wildman–Crippen LogP) is 3.29. The highest BCUT2D eigenvalue weighted by molar-refractivity contribution is 7.83. The lowest BCUT2D eigenvalue weighted by Crippen LogP contribution is -2.14. The summed E-state index contributed by atoms with van der Waals surface area (Å²) in [7, 11) is -0.957. The van der Waals surface area contributed by atoms with E-state index in [0.717, 1.165) is 22.5 Å². The number of hydrogen-bond donors (Lipinski definition) is 1. The van der Waals surface area contributed by atoms with Crippen LogP contribution in [0.15, 0.2) is 66.7 Å². The molecule has 1 aliphatic heterocycles. The number of rotatable bonds is 4. The molecule has 1 aromatic heterocycles. The number of nitrogens with one attached hydrogen (secondary N) is 1. The van der Waals surface area contributed by atoms with Crippen molar-refractivity contribution >= 4 is 28.6 Å². The Kier molecular flexibility index (Phi) is 4.50. The molecule has 0 saturated heterocycles. The van der Waals surface area contributed by atoms with E-state index in [1.165, 1.54) is 6.08 Å². The Labute approximate surface area is 153 Å². The first-order valence-electron chi connectivity index (χ1n) is 8.26. The summed E-state index contributed by atoms with van der Waals surface area (Å²) in [4.78, 5) is 12.4. The fourth-order valence-corrected chi connectivity index (χ4v) is 4.17. The van der Waals surface area contributed by atoms with Gasteiger partial charge < -0.3 is 5.32 Å². The van der Waals surface area contributed by atoms with Crippen LogP contribution < -0.4 is 5.32 Å². The van der Waals surface area contributed by atoms with Gasteiger partial charge in [-0.2, -0.15) is 5.10 Å². The molecule has 1 atom stereocenters. The van der Waals surface area contributed by atoms with Crippen molar-refractivity contribution in [1.29, 1.82) is 0 Å². The molecular weight excluding hydrogens is 346 g/mol. The topological polar surface area (TPSA) is 64.0 Å². The van der Waals surface area contributed by atoms with Crippen LogP contribution in [0, 0.1) is 0 Å². The van der Waals surface area contributed by atoms with E-state index in [1.807, 2.05) is 60.7 Å². The molecule has 5 nitrogen and oxygen atoms in total. The van der Waals surface area contributed by atoms with Crippen LogP contribution in [0.2, 0.25) is 0 Å². The van der Waals surface area contributed by atoms with Crippen LogP contribution in [-0.2, 0) is 27.1 Å². The average Bonchev–Trinajstić information content (AvgIpc) is 3.19. The van der Waals surface area contributed by atoms with Crippen LogP contribution in [0.4, 0.5) is 5.82 Å². The molecule has 0 radical (unpaired) electrons. The van der Waals surface area contributed by atoms with Crippen molar-refractivity contribution in [3.05, 3.63) is 83.6 Å². The van der Waals surface area contributed by atoms with Gasteiger partial charge in [-0.3, -0.25) is 9.00 Å². The number of carbonyl (C=O) groups is 1. The van der Waals surface area contributed by atoms with E-state index >= 15 is 0 Å². The van der Waals surface area contributed by atoms with Crippen LogP contribution in [0.1, 0.15) is 16.8 Å². The minimum Gasteiger partial charge on any atom is -0.307 e. The highest BCUT2D eigenvalue weighted by Crippen LogP contribution is 2.31. The van der Waals surface area contributed by atoms with Crippen molar-refractivity contribution in [2.45, 2.75) is 11.5 Å². The van der Waals surface area contributed by atoms with Crippen LogP contribution in [-0.4, -0.2) is 19.9 Å². The van der Waals surface area contributed by atoms with Gasteiger partial charge in [0.2, 0.25) is 5.91 Å². The molecule has 1 N–H and O–H groups in total. The predicted molar refractivity (Wildman–Crippen MR) is 103 cm³/mol. The third-order valence-corrected chi connectivity index (χ3v) is 5.34. The summed E-state index contributed by atoms with van der Waals surface area (Å²) in [5, 5.41) is 7.49. The van der Waals surface area contributed by atoms with Crippen LogP contribution >= 0.6 is 0 Å². The second-order valence-corrected chi connectivity index (χ2v) is 7.44. The van der Waals surface area contributed by atoms with Crippen molar-refractivity contribution in [3.8, 4) is 5.69 Å². The van der Waals surface area contributed by atoms with Gasteiger partial charge in [-0.25, -0.2) is 4.68 Å². The quantitative estimate of drug-likeness (QED) is 0.724. The second-order valence-electron chi connectivity index (χ2n) is 5.98. The number of hydrogen-bond acceptors (Lipinski definition) is 3. The summed E-state index contributed by atoms with van der Waals surface area (Å²) in [6, 6.07) is 19.2. The molecule has 0 fully saturated rings. The maximum absolute atomic E-state index is 12.4. The van der Waals surface area contributed by atoms with Gasteiger partial charge in [0.25, 0.3) is 0 Å². The first-order valence-corrected chi connectivity index (χ1v) is 9.75. The van der Waals surface area contributed by atoms with E-state index < -0.39 is 10.8 Å². The van der Waals surface area contributed by atoms with E-state index in [0.29, 0.717) is 17.3 Å². The van der Waals surface area contributed by atoms with Gasteiger partial charge in [0, 0.05) is 22.4 Å². The Bertz CT molecular complexity index is 995. The molecule has 3 aromatic rings. The molecule has 0 saturated carbocycles. The smallest absolute Gasteiger partial charge is 0.249 e. The van der Waals surface area contributed by atoms with Gasteiger partial charge in [0.05, 0.1) is 22.9 Å². The van der Waals surface area contributed by atoms with Crippen LogP contribution in [0.5, 0.6) is 0 Å². The normalized spacial score (nSPS) is 15.9.